The molecule has 0 aliphatic carbocycles. The Bertz CT molecular complexity index is 602. The van der Waals surface area contributed by atoms with Crippen molar-refractivity contribution in [3.63, 3.8) is 0 Å². The number of halogens is 3. The van der Waals surface area contributed by atoms with Crippen LogP contribution in [-0.2, 0) is 0 Å². The van der Waals surface area contributed by atoms with Gasteiger partial charge in [-0.15, -0.1) is 0 Å². The van der Waals surface area contributed by atoms with Crippen LogP contribution in [0.1, 0.15) is 22.9 Å². The zero-order chi connectivity index (χ0) is 14.0. The minimum atomic E-state index is -0.193. The van der Waals surface area contributed by atoms with E-state index in [9.17, 15) is 4.39 Å². The van der Waals surface area contributed by atoms with Gasteiger partial charge in [0.25, 0.3) is 0 Å². The van der Waals surface area contributed by atoms with Crippen LogP contribution in [0.25, 0.3) is 0 Å². The van der Waals surface area contributed by atoms with Crippen molar-refractivity contribution in [3.05, 3.63) is 62.0 Å². The molecule has 0 aliphatic rings. The third kappa shape index (κ3) is 3.22. The topological polar surface area (TPSA) is 24.9 Å². The highest BCUT2D eigenvalue weighted by Crippen LogP contribution is 2.29. The molecular weight excluding hydrogens is 375 g/mol. The average molecular weight is 388 g/mol. The maximum atomic E-state index is 13.3. The molecule has 0 radical (unpaired) electrons. The summed E-state index contributed by atoms with van der Waals surface area (Å²) in [6.07, 6.45) is 1.75. The molecule has 1 N–H and O–H groups in total. The van der Waals surface area contributed by atoms with Gasteiger partial charge >= 0.3 is 0 Å². The Hall–Kier alpha value is -0.780. The molecule has 1 aromatic carbocycles. The number of aromatic nitrogens is 1. The monoisotopic (exact) mass is 386 g/mol. The van der Waals surface area contributed by atoms with Gasteiger partial charge in [-0.3, -0.25) is 4.98 Å². The maximum Gasteiger partial charge on any atom is 0.126 e. The molecule has 0 saturated carbocycles. The van der Waals surface area contributed by atoms with E-state index in [1.807, 2.05) is 19.2 Å². The van der Waals surface area contributed by atoms with Crippen molar-refractivity contribution in [1.82, 2.24) is 10.3 Å². The summed E-state index contributed by atoms with van der Waals surface area (Å²) in [5.74, 6) is -0.193. The SMILES string of the molecule is CNC(c1ccc(F)c(C)c1)c1ncc(Br)cc1Br. The lowest BCUT2D eigenvalue weighted by molar-refractivity contribution is 0.612. The fourth-order valence-electron chi connectivity index (χ4n) is 1.95. The van der Waals surface area contributed by atoms with Crippen LogP contribution in [0.4, 0.5) is 4.39 Å². The first-order chi connectivity index (χ1) is 9.02. The van der Waals surface area contributed by atoms with Crippen molar-refractivity contribution < 1.29 is 4.39 Å². The largest absolute Gasteiger partial charge is 0.308 e. The van der Waals surface area contributed by atoms with Gasteiger partial charge in [-0.1, -0.05) is 12.1 Å². The summed E-state index contributed by atoms with van der Waals surface area (Å²) in [5.41, 5.74) is 2.49. The standard InChI is InChI=1S/C14H13Br2FN2/c1-8-5-9(3-4-12(8)17)13(18-2)14-11(16)6-10(15)7-19-14/h3-7,13,18H,1-2H3. The van der Waals surface area contributed by atoms with Crippen LogP contribution in [0.3, 0.4) is 0 Å². The zero-order valence-corrected chi connectivity index (χ0v) is 13.7. The third-order valence-corrected chi connectivity index (χ3v) is 3.98. The van der Waals surface area contributed by atoms with Gasteiger partial charge in [0.1, 0.15) is 5.82 Å². The van der Waals surface area contributed by atoms with E-state index in [0.29, 0.717) is 5.56 Å². The molecule has 100 valence electrons. The van der Waals surface area contributed by atoms with Crippen molar-refractivity contribution in [1.29, 1.82) is 0 Å². The number of benzene rings is 1. The molecule has 1 unspecified atom stereocenters. The summed E-state index contributed by atoms with van der Waals surface area (Å²) in [6.45, 7) is 1.76. The molecule has 1 aromatic heterocycles. The van der Waals surface area contributed by atoms with Crippen molar-refractivity contribution in [3.8, 4) is 0 Å². The summed E-state index contributed by atoms with van der Waals surface area (Å²) in [4.78, 5) is 4.43. The molecule has 19 heavy (non-hydrogen) atoms. The highest BCUT2D eigenvalue weighted by Gasteiger charge is 2.17. The van der Waals surface area contributed by atoms with E-state index < -0.39 is 0 Å². The normalized spacial score (nSPS) is 12.5. The van der Waals surface area contributed by atoms with E-state index >= 15 is 0 Å². The molecule has 0 spiro atoms. The Morgan fingerprint density at radius 3 is 2.58 bits per heavy atom. The van der Waals surface area contributed by atoms with Crippen molar-refractivity contribution in [2.24, 2.45) is 0 Å². The highest BCUT2D eigenvalue weighted by molar-refractivity contribution is 9.11. The lowest BCUT2D eigenvalue weighted by atomic mass is 10.0. The van der Waals surface area contributed by atoms with Crippen LogP contribution < -0.4 is 5.32 Å². The molecule has 2 aromatic rings. The van der Waals surface area contributed by atoms with Gasteiger partial charge < -0.3 is 5.32 Å². The Kier molecular flexibility index (Phi) is 4.71. The first kappa shape index (κ1) is 14.6. The first-order valence-corrected chi connectivity index (χ1v) is 7.35. The van der Waals surface area contributed by atoms with Crippen LogP contribution >= 0.6 is 31.9 Å². The van der Waals surface area contributed by atoms with Gasteiger partial charge in [0.05, 0.1) is 11.7 Å². The van der Waals surface area contributed by atoms with Crippen LogP contribution in [0, 0.1) is 12.7 Å². The molecule has 2 rings (SSSR count). The van der Waals surface area contributed by atoms with Crippen LogP contribution in [0.2, 0.25) is 0 Å². The molecule has 0 saturated heterocycles. The molecule has 0 aliphatic heterocycles. The molecule has 1 atom stereocenters. The smallest absolute Gasteiger partial charge is 0.126 e. The van der Waals surface area contributed by atoms with Crippen LogP contribution in [0.5, 0.6) is 0 Å². The van der Waals surface area contributed by atoms with Gasteiger partial charge in [0.15, 0.2) is 0 Å². The minimum Gasteiger partial charge on any atom is -0.308 e. The van der Waals surface area contributed by atoms with E-state index in [1.54, 1.807) is 19.2 Å². The van der Waals surface area contributed by atoms with Crippen LogP contribution in [0.15, 0.2) is 39.4 Å². The summed E-state index contributed by atoms with van der Waals surface area (Å²) < 4.78 is 15.2. The predicted molar refractivity (Wildman–Crippen MR) is 81.7 cm³/mol. The number of nitrogens with zero attached hydrogens (tertiary/aromatic N) is 1. The second-order valence-corrected chi connectivity index (χ2v) is 6.02. The summed E-state index contributed by atoms with van der Waals surface area (Å²) in [7, 11) is 1.86. The van der Waals surface area contributed by atoms with Gasteiger partial charge in [-0.05, 0) is 69.1 Å². The quantitative estimate of drug-likeness (QED) is 0.846. The molecule has 2 nitrogen and oxygen atoms in total. The number of pyridine rings is 1. The Balaban J connectivity index is 2.46. The molecule has 0 fully saturated rings. The Morgan fingerprint density at radius 1 is 1.26 bits per heavy atom. The molecule has 0 amide bonds. The molecule has 5 heteroatoms. The second kappa shape index (κ2) is 6.11. The van der Waals surface area contributed by atoms with E-state index in [2.05, 4.69) is 42.2 Å². The number of hydrogen-bond donors (Lipinski definition) is 1. The molecule has 1 heterocycles. The number of rotatable bonds is 3. The fraction of sp³-hybridized carbons (Fsp3) is 0.214. The third-order valence-electron chi connectivity index (χ3n) is 2.91. The Labute approximate surface area is 128 Å². The van der Waals surface area contributed by atoms with E-state index in [0.717, 1.165) is 20.2 Å². The van der Waals surface area contributed by atoms with Crippen molar-refractivity contribution in [2.45, 2.75) is 13.0 Å². The van der Waals surface area contributed by atoms with E-state index in [1.165, 1.54) is 6.07 Å². The highest BCUT2D eigenvalue weighted by atomic mass is 79.9. The second-order valence-electron chi connectivity index (χ2n) is 4.25. The number of aryl methyl sites for hydroxylation is 1. The van der Waals surface area contributed by atoms with Gasteiger partial charge in [-0.25, -0.2) is 4.39 Å². The van der Waals surface area contributed by atoms with Crippen molar-refractivity contribution in [2.75, 3.05) is 7.05 Å². The van der Waals surface area contributed by atoms with Crippen molar-refractivity contribution >= 4 is 31.9 Å². The van der Waals surface area contributed by atoms with E-state index in [-0.39, 0.29) is 11.9 Å². The Morgan fingerprint density at radius 2 is 2.00 bits per heavy atom. The number of hydrogen-bond acceptors (Lipinski definition) is 2. The maximum absolute atomic E-state index is 13.3. The summed E-state index contributed by atoms with van der Waals surface area (Å²) >= 11 is 6.89. The zero-order valence-electron chi connectivity index (χ0n) is 10.5. The lowest BCUT2D eigenvalue weighted by Gasteiger charge is -2.18. The minimum absolute atomic E-state index is 0.0817. The fourth-order valence-corrected chi connectivity index (χ4v) is 3.16. The van der Waals surface area contributed by atoms with Gasteiger partial charge in [0, 0.05) is 15.1 Å². The van der Waals surface area contributed by atoms with Gasteiger partial charge in [-0.2, -0.15) is 0 Å². The number of nitrogens with one attached hydrogen (secondary N) is 1. The lowest BCUT2D eigenvalue weighted by Crippen LogP contribution is -2.19. The van der Waals surface area contributed by atoms with E-state index in [4.69, 9.17) is 0 Å². The first-order valence-electron chi connectivity index (χ1n) is 5.77. The summed E-state index contributed by atoms with van der Waals surface area (Å²) in [6, 6.07) is 6.97. The predicted octanol–water partition coefficient (Wildman–Crippen LogP) is 4.36. The summed E-state index contributed by atoms with van der Waals surface area (Å²) in [5, 5.41) is 3.21. The molecule has 0 bridgehead atoms. The van der Waals surface area contributed by atoms with Gasteiger partial charge in [0.2, 0.25) is 0 Å². The van der Waals surface area contributed by atoms with Crippen LogP contribution in [-0.4, -0.2) is 12.0 Å². The average Bonchev–Trinajstić information content (AvgIpc) is 2.37. The molecular formula is C14H13Br2FN2.